The maximum absolute atomic E-state index is 9.84. The van der Waals surface area contributed by atoms with Gasteiger partial charge in [0.25, 0.3) is 0 Å². The van der Waals surface area contributed by atoms with Crippen molar-refractivity contribution in [1.29, 1.82) is 0 Å². The van der Waals surface area contributed by atoms with E-state index in [0.29, 0.717) is 11.7 Å². The lowest BCUT2D eigenvalue weighted by Crippen LogP contribution is -2.24. The van der Waals surface area contributed by atoms with Crippen molar-refractivity contribution in [3.63, 3.8) is 0 Å². The fourth-order valence-electron chi connectivity index (χ4n) is 2.71. The van der Waals surface area contributed by atoms with Crippen LogP contribution in [0.1, 0.15) is 31.4 Å². The Kier molecular flexibility index (Phi) is 2.80. The van der Waals surface area contributed by atoms with Crippen molar-refractivity contribution in [2.45, 2.75) is 32.1 Å². The molecule has 0 aliphatic heterocycles. The molecule has 0 amide bonds. The van der Waals surface area contributed by atoms with E-state index in [4.69, 9.17) is 0 Å². The number of benzene rings is 1. The Bertz CT molecular complexity index is 371. The molecule has 0 saturated heterocycles. The highest BCUT2D eigenvalue weighted by atomic mass is 79.9. The Labute approximate surface area is 99.6 Å². The monoisotopic (exact) mass is 268 g/mol. The molecule has 0 spiro atoms. The zero-order valence-corrected chi connectivity index (χ0v) is 10.8. The van der Waals surface area contributed by atoms with E-state index in [2.05, 4.69) is 35.8 Å². The fraction of sp³-hybridized carbons (Fsp3) is 0.538. The van der Waals surface area contributed by atoms with E-state index < -0.39 is 0 Å². The van der Waals surface area contributed by atoms with Crippen molar-refractivity contribution < 1.29 is 5.11 Å². The van der Waals surface area contributed by atoms with Crippen molar-refractivity contribution in [3.8, 4) is 5.75 Å². The fourth-order valence-corrected chi connectivity index (χ4v) is 3.26. The summed E-state index contributed by atoms with van der Waals surface area (Å²) in [4.78, 5) is 0. The second-order valence-electron chi connectivity index (χ2n) is 4.90. The molecular formula is C13H17BrO. The van der Waals surface area contributed by atoms with Crippen molar-refractivity contribution in [2.24, 2.45) is 5.92 Å². The van der Waals surface area contributed by atoms with Gasteiger partial charge in [-0.3, -0.25) is 0 Å². The summed E-state index contributed by atoms with van der Waals surface area (Å²) in [6.45, 7) is 4.57. The first-order chi connectivity index (χ1) is 7.07. The maximum atomic E-state index is 9.84. The summed E-state index contributed by atoms with van der Waals surface area (Å²) in [7, 11) is 0. The molecule has 1 N–H and O–H groups in total. The van der Waals surface area contributed by atoms with Gasteiger partial charge in [0.15, 0.2) is 0 Å². The molecule has 0 fully saturated rings. The average Bonchev–Trinajstić information content (AvgIpc) is 2.43. The van der Waals surface area contributed by atoms with Crippen molar-refractivity contribution >= 4 is 15.9 Å². The summed E-state index contributed by atoms with van der Waals surface area (Å²) < 4.78 is 0. The van der Waals surface area contributed by atoms with Crippen molar-refractivity contribution in [3.05, 3.63) is 29.3 Å². The molecule has 82 valence electrons. The highest BCUT2D eigenvalue weighted by molar-refractivity contribution is 9.09. The third-order valence-electron chi connectivity index (χ3n) is 3.77. The highest BCUT2D eigenvalue weighted by Gasteiger charge is 2.39. The van der Waals surface area contributed by atoms with Gasteiger partial charge in [0, 0.05) is 5.33 Å². The van der Waals surface area contributed by atoms with Gasteiger partial charge in [0.1, 0.15) is 5.75 Å². The van der Waals surface area contributed by atoms with Crippen molar-refractivity contribution in [1.82, 2.24) is 0 Å². The van der Waals surface area contributed by atoms with Gasteiger partial charge < -0.3 is 5.11 Å². The Hall–Kier alpha value is -0.500. The molecule has 2 rings (SSSR count). The van der Waals surface area contributed by atoms with E-state index in [9.17, 15) is 5.11 Å². The summed E-state index contributed by atoms with van der Waals surface area (Å²) in [5, 5.41) is 10.9. The first kappa shape index (κ1) is 11.0. The first-order valence-electron chi connectivity index (χ1n) is 5.44. The smallest absolute Gasteiger partial charge is 0.119 e. The number of hydrogen-bond acceptors (Lipinski definition) is 1. The molecular weight excluding hydrogens is 252 g/mol. The van der Waals surface area contributed by atoms with E-state index in [-0.39, 0.29) is 5.41 Å². The first-order valence-corrected chi connectivity index (χ1v) is 6.57. The number of phenols is 1. The van der Waals surface area contributed by atoms with Crippen LogP contribution in [0.4, 0.5) is 0 Å². The number of halogens is 1. The number of rotatable bonds is 2. The zero-order valence-electron chi connectivity index (χ0n) is 9.26. The molecule has 0 radical (unpaired) electrons. The summed E-state index contributed by atoms with van der Waals surface area (Å²) in [6, 6.07) is 5.90. The van der Waals surface area contributed by atoms with Crippen LogP contribution in [-0.4, -0.2) is 10.4 Å². The molecule has 0 heterocycles. The topological polar surface area (TPSA) is 20.2 Å². The van der Waals surface area contributed by atoms with E-state index in [1.54, 1.807) is 6.07 Å². The Morgan fingerprint density at radius 1 is 1.47 bits per heavy atom. The van der Waals surface area contributed by atoms with Gasteiger partial charge >= 0.3 is 0 Å². The number of alkyl halides is 1. The number of hydrogen-bond donors (Lipinski definition) is 1. The van der Waals surface area contributed by atoms with Gasteiger partial charge in [-0.1, -0.05) is 41.9 Å². The largest absolute Gasteiger partial charge is 0.508 e. The molecule has 2 heteroatoms. The molecule has 15 heavy (non-hydrogen) atoms. The van der Waals surface area contributed by atoms with Crippen LogP contribution in [0.5, 0.6) is 5.75 Å². The van der Waals surface area contributed by atoms with E-state index >= 15 is 0 Å². The van der Waals surface area contributed by atoms with Crippen LogP contribution in [0.15, 0.2) is 18.2 Å². The van der Waals surface area contributed by atoms with Gasteiger partial charge in [-0.2, -0.15) is 0 Å². The van der Waals surface area contributed by atoms with Crippen LogP contribution < -0.4 is 0 Å². The summed E-state index contributed by atoms with van der Waals surface area (Å²) in [6.07, 6.45) is 2.18. The molecule has 1 aliphatic carbocycles. The SMILES string of the molecule is CC1(C)c2cccc(O)c2CC1CCBr. The lowest BCUT2D eigenvalue weighted by atomic mass is 9.77. The van der Waals surface area contributed by atoms with Crippen LogP contribution in [0, 0.1) is 5.92 Å². The van der Waals surface area contributed by atoms with E-state index in [0.717, 1.165) is 17.3 Å². The maximum Gasteiger partial charge on any atom is 0.119 e. The van der Waals surface area contributed by atoms with Gasteiger partial charge in [-0.15, -0.1) is 0 Å². The number of phenolic OH excluding ortho intramolecular Hbond substituents is 1. The van der Waals surface area contributed by atoms with Gasteiger partial charge in [-0.25, -0.2) is 0 Å². The van der Waals surface area contributed by atoms with Gasteiger partial charge in [-0.05, 0) is 41.4 Å². The molecule has 1 unspecified atom stereocenters. The Morgan fingerprint density at radius 3 is 2.80 bits per heavy atom. The second-order valence-corrected chi connectivity index (χ2v) is 5.70. The van der Waals surface area contributed by atoms with Crippen LogP contribution in [-0.2, 0) is 11.8 Å². The summed E-state index contributed by atoms with van der Waals surface area (Å²) >= 11 is 3.51. The Morgan fingerprint density at radius 2 is 2.20 bits per heavy atom. The average molecular weight is 269 g/mol. The van der Waals surface area contributed by atoms with Gasteiger partial charge in [0.05, 0.1) is 0 Å². The minimum Gasteiger partial charge on any atom is -0.508 e. The minimum absolute atomic E-state index is 0.196. The van der Waals surface area contributed by atoms with Gasteiger partial charge in [0.2, 0.25) is 0 Å². The standard InChI is InChI=1S/C13H17BrO/c1-13(2)9(6-7-14)8-10-11(13)4-3-5-12(10)15/h3-5,9,15H,6-8H2,1-2H3. The molecule has 1 aromatic rings. The minimum atomic E-state index is 0.196. The molecule has 1 aliphatic rings. The molecule has 1 atom stereocenters. The summed E-state index contributed by atoms with van der Waals surface area (Å²) in [5.41, 5.74) is 2.68. The predicted molar refractivity (Wildman–Crippen MR) is 66.7 cm³/mol. The Balaban J connectivity index is 2.42. The molecule has 1 aromatic carbocycles. The highest BCUT2D eigenvalue weighted by Crippen LogP contribution is 2.47. The molecule has 0 aromatic heterocycles. The lowest BCUT2D eigenvalue weighted by Gasteiger charge is -2.27. The third kappa shape index (κ3) is 1.69. The van der Waals surface area contributed by atoms with Crippen LogP contribution in [0.3, 0.4) is 0 Å². The molecule has 1 nitrogen and oxygen atoms in total. The van der Waals surface area contributed by atoms with Crippen LogP contribution in [0.25, 0.3) is 0 Å². The number of aromatic hydroxyl groups is 1. The molecule has 0 bridgehead atoms. The van der Waals surface area contributed by atoms with E-state index in [1.165, 1.54) is 12.0 Å². The third-order valence-corrected chi connectivity index (χ3v) is 4.23. The number of fused-ring (bicyclic) bond motifs is 1. The van der Waals surface area contributed by atoms with E-state index in [1.807, 2.05) is 6.07 Å². The normalized spacial score (nSPS) is 22.7. The second kappa shape index (κ2) is 3.82. The summed E-state index contributed by atoms with van der Waals surface area (Å²) in [5.74, 6) is 1.11. The van der Waals surface area contributed by atoms with Crippen LogP contribution >= 0.6 is 15.9 Å². The quantitative estimate of drug-likeness (QED) is 0.813. The van der Waals surface area contributed by atoms with Crippen molar-refractivity contribution in [2.75, 3.05) is 5.33 Å². The zero-order chi connectivity index (χ0) is 11.1. The lowest BCUT2D eigenvalue weighted by molar-refractivity contribution is 0.342. The molecule has 0 saturated carbocycles. The predicted octanol–water partition coefficient (Wildman–Crippen LogP) is 3.63. The van der Waals surface area contributed by atoms with Crippen LogP contribution in [0.2, 0.25) is 0 Å².